The lowest BCUT2D eigenvalue weighted by atomic mass is 10.0. The molecule has 0 saturated heterocycles. The van der Waals surface area contributed by atoms with Gasteiger partial charge >= 0.3 is 0 Å². The van der Waals surface area contributed by atoms with Crippen molar-refractivity contribution in [1.82, 2.24) is 0 Å². The third-order valence-corrected chi connectivity index (χ3v) is 2.88. The highest BCUT2D eigenvalue weighted by molar-refractivity contribution is 5.89. The van der Waals surface area contributed by atoms with Crippen LogP contribution in [0.2, 0.25) is 0 Å². The summed E-state index contributed by atoms with van der Waals surface area (Å²) in [6.45, 7) is 0.870. The molecule has 0 saturated carbocycles. The van der Waals surface area contributed by atoms with E-state index < -0.39 is 6.10 Å². The molecule has 0 amide bonds. The summed E-state index contributed by atoms with van der Waals surface area (Å²) in [5.74, 6) is 0.844. The zero-order valence-corrected chi connectivity index (χ0v) is 9.52. The summed E-state index contributed by atoms with van der Waals surface area (Å²) >= 11 is 0. The molecule has 2 rings (SSSR count). The molecule has 0 radical (unpaired) electrons. The number of aliphatic imine (C=N–C) groups is 1. The molecule has 86 valence electrons. The van der Waals surface area contributed by atoms with Crippen molar-refractivity contribution in [1.29, 1.82) is 0 Å². The summed E-state index contributed by atoms with van der Waals surface area (Å²) < 4.78 is 5.09. The van der Waals surface area contributed by atoms with Gasteiger partial charge in [0.15, 0.2) is 0 Å². The van der Waals surface area contributed by atoms with Gasteiger partial charge in [0.1, 0.15) is 5.75 Å². The van der Waals surface area contributed by atoms with E-state index in [0.29, 0.717) is 6.42 Å². The Morgan fingerprint density at radius 1 is 1.38 bits per heavy atom. The number of ether oxygens (including phenoxy) is 1. The van der Waals surface area contributed by atoms with Crippen LogP contribution in [0.15, 0.2) is 29.3 Å². The molecule has 1 aromatic carbocycles. The molecule has 0 aliphatic carbocycles. The van der Waals surface area contributed by atoms with Crippen LogP contribution in [0.3, 0.4) is 0 Å². The summed E-state index contributed by atoms with van der Waals surface area (Å²) in [6.07, 6.45) is 2.24. The molecule has 0 aromatic heterocycles. The standard InChI is InChI=1S/C13H17NO2/c1-16-11-6-4-10(5-7-11)9-13(15)12-3-2-8-14-12/h4-7,13,15H,2-3,8-9H2,1H3/t13-/m1/s1. The molecule has 1 aliphatic heterocycles. The molecule has 1 N–H and O–H groups in total. The fraction of sp³-hybridized carbons (Fsp3) is 0.462. The van der Waals surface area contributed by atoms with Gasteiger partial charge in [-0.1, -0.05) is 12.1 Å². The van der Waals surface area contributed by atoms with E-state index in [1.807, 2.05) is 24.3 Å². The first kappa shape index (κ1) is 11.1. The maximum absolute atomic E-state index is 9.97. The van der Waals surface area contributed by atoms with Crippen molar-refractivity contribution in [3.05, 3.63) is 29.8 Å². The molecule has 3 nitrogen and oxygen atoms in total. The topological polar surface area (TPSA) is 41.8 Å². The number of aliphatic hydroxyl groups excluding tert-OH is 1. The largest absolute Gasteiger partial charge is 0.497 e. The molecule has 1 atom stereocenters. The van der Waals surface area contributed by atoms with Gasteiger partial charge in [-0.3, -0.25) is 4.99 Å². The smallest absolute Gasteiger partial charge is 0.118 e. The van der Waals surface area contributed by atoms with Crippen molar-refractivity contribution < 1.29 is 9.84 Å². The van der Waals surface area contributed by atoms with Crippen LogP contribution in [0.4, 0.5) is 0 Å². The van der Waals surface area contributed by atoms with Crippen molar-refractivity contribution in [2.75, 3.05) is 13.7 Å². The Morgan fingerprint density at radius 3 is 2.69 bits per heavy atom. The average Bonchev–Trinajstić information content (AvgIpc) is 2.83. The van der Waals surface area contributed by atoms with Crippen LogP contribution >= 0.6 is 0 Å². The molecule has 3 heteroatoms. The Hall–Kier alpha value is -1.35. The Kier molecular flexibility index (Phi) is 3.57. The van der Waals surface area contributed by atoms with Crippen LogP contribution in [-0.2, 0) is 6.42 Å². The molecule has 16 heavy (non-hydrogen) atoms. The summed E-state index contributed by atoms with van der Waals surface area (Å²) in [5.41, 5.74) is 2.07. The number of rotatable bonds is 4. The minimum atomic E-state index is -0.420. The molecule has 1 aliphatic rings. The van der Waals surface area contributed by atoms with Gasteiger partial charge in [0, 0.05) is 18.7 Å². The van der Waals surface area contributed by atoms with Gasteiger partial charge < -0.3 is 9.84 Å². The van der Waals surface area contributed by atoms with E-state index >= 15 is 0 Å². The highest BCUT2D eigenvalue weighted by Crippen LogP contribution is 2.15. The SMILES string of the molecule is COc1ccc(C[C@@H](O)C2=NCCC2)cc1. The number of aliphatic hydroxyl groups is 1. The lowest BCUT2D eigenvalue weighted by Gasteiger charge is -2.10. The van der Waals surface area contributed by atoms with E-state index in [0.717, 1.165) is 36.4 Å². The third-order valence-electron chi connectivity index (χ3n) is 2.88. The van der Waals surface area contributed by atoms with Crippen LogP contribution in [-0.4, -0.2) is 30.6 Å². The Labute approximate surface area is 95.8 Å². The first-order valence-corrected chi connectivity index (χ1v) is 5.64. The molecular formula is C13H17NO2. The second-order valence-corrected chi connectivity index (χ2v) is 4.04. The molecule has 0 unspecified atom stereocenters. The van der Waals surface area contributed by atoms with Crippen molar-refractivity contribution in [3.8, 4) is 5.75 Å². The Balaban J connectivity index is 1.97. The number of methoxy groups -OCH3 is 1. The van der Waals surface area contributed by atoms with Crippen molar-refractivity contribution >= 4 is 5.71 Å². The van der Waals surface area contributed by atoms with Crippen molar-refractivity contribution in [2.24, 2.45) is 4.99 Å². The summed E-state index contributed by atoms with van der Waals surface area (Å²) in [6, 6.07) is 7.80. The quantitative estimate of drug-likeness (QED) is 0.839. The highest BCUT2D eigenvalue weighted by Gasteiger charge is 2.16. The van der Waals surface area contributed by atoms with Gasteiger partial charge in [0.05, 0.1) is 13.2 Å². The minimum Gasteiger partial charge on any atom is -0.497 e. The molecule has 0 bridgehead atoms. The van der Waals surface area contributed by atoms with E-state index in [1.165, 1.54) is 0 Å². The first-order chi connectivity index (χ1) is 7.79. The van der Waals surface area contributed by atoms with Crippen molar-refractivity contribution in [3.63, 3.8) is 0 Å². The highest BCUT2D eigenvalue weighted by atomic mass is 16.5. The maximum atomic E-state index is 9.97. The zero-order chi connectivity index (χ0) is 11.4. The van der Waals surface area contributed by atoms with Crippen molar-refractivity contribution in [2.45, 2.75) is 25.4 Å². The lowest BCUT2D eigenvalue weighted by Crippen LogP contribution is -2.21. The Bertz CT molecular complexity index is 370. The molecule has 1 heterocycles. The first-order valence-electron chi connectivity index (χ1n) is 5.64. The van der Waals surface area contributed by atoms with Crippen LogP contribution < -0.4 is 4.74 Å². The minimum absolute atomic E-state index is 0.420. The van der Waals surface area contributed by atoms with Gasteiger partial charge in [0.25, 0.3) is 0 Å². The molecule has 0 spiro atoms. The van der Waals surface area contributed by atoms with Gasteiger partial charge in [-0.05, 0) is 30.5 Å². The van der Waals surface area contributed by atoms with Crippen LogP contribution in [0.5, 0.6) is 5.75 Å². The Morgan fingerprint density at radius 2 is 2.12 bits per heavy atom. The van der Waals surface area contributed by atoms with E-state index in [1.54, 1.807) is 7.11 Å². The molecular weight excluding hydrogens is 202 g/mol. The van der Waals surface area contributed by atoms with Crippen LogP contribution in [0, 0.1) is 0 Å². The van der Waals surface area contributed by atoms with Crippen LogP contribution in [0.1, 0.15) is 18.4 Å². The van der Waals surface area contributed by atoms with Gasteiger partial charge in [0.2, 0.25) is 0 Å². The predicted molar refractivity (Wildman–Crippen MR) is 64.2 cm³/mol. The molecule has 0 fully saturated rings. The summed E-state index contributed by atoms with van der Waals surface area (Å²) in [5, 5.41) is 9.97. The summed E-state index contributed by atoms with van der Waals surface area (Å²) in [7, 11) is 1.65. The normalized spacial score (nSPS) is 17.0. The summed E-state index contributed by atoms with van der Waals surface area (Å²) in [4.78, 5) is 4.31. The van der Waals surface area contributed by atoms with Gasteiger partial charge in [-0.25, -0.2) is 0 Å². The fourth-order valence-electron chi connectivity index (χ4n) is 1.94. The lowest BCUT2D eigenvalue weighted by molar-refractivity contribution is 0.240. The van der Waals surface area contributed by atoms with E-state index in [4.69, 9.17) is 4.74 Å². The monoisotopic (exact) mass is 219 g/mol. The van der Waals surface area contributed by atoms with Gasteiger partial charge in [-0.15, -0.1) is 0 Å². The number of hydrogen-bond acceptors (Lipinski definition) is 3. The van der Waals surface area contributed by atoms with Gasteiger partial charge in [-0.2, -0.15) is 0 Å². The third kappa shape index (κ3) is 2.61. The van der Waals surface area contributed by atoms with E-state index in [9.17, 15) is 5.11 Å². The number of hydrogen-bond donors (Lipinski definition) is 1. The fourth-order valence-corrected chi connectivity index (χ4v) is 1.94. The second-order valence-electron chi connectivity index (χ2n) is 4.04. The predicted octanol–water partition coefficient (Wildman–Crippen LogP) is 1.83. The maximum Gasteiger partial charge on any atom is 0.118 e. The van der Waals surface area contributed by atoms with E-state index in [2.05, 4.69) is 4.99 Å². The second kappa shape index (κ2) is 5.12. The van der Waals surface area contributed by atoms with Crippen LogP contribution in [0.25, 0.3) is 0 Å². The number of nitrogens with zero attached hydrogens (tertiary/aromatic N) is 1. The average molecular weight is 219 g/mol. The van der Waals surface area contributed by atoms with E-state index in [-0.39, 0.29) is 0 Å². The zero-order valence-electron chi connectivity index (χ0n) is 9.52. The molecule has 1 aromatic rings. The number of benzene rings is 1.